The average molecular weight is 646 g/mol. The van der Waals surface area contributed by atoms with E-state index in [1.165, 1.54) is 11.8 Å². The van der Waals surface area contributed by atoms with Crippen LogP contribution in [-0.4, -0.2) is 82.6 Å². The minimum atomic E-state index is -1.11. The molecular weight excluding hydrogens is 602 g/mol. The van der Waals surface area contributed by atoms with Gasteiger partial charge in [0.2, 0.25) is 29.5 Å². The lowest BCUT2D eigenvalue weighted by Gasteiger charge is -2.27. The van der Waals surface area contributed by atoms with Gasteiger partial charge < -0.3 is 43.0 Å². The van der Waals surface area contributed by atoms with E-state index in [0.29, 0.717) is 25.8 Å². The van der Waals surface area contributed by atoms with E-state index in [9.17, 15) is 24.0 Å². The summed E-state index contributed by atoms with van der Waals surface area (Å²) in [5.41, 5.74) is 19.1. The van der Waals surface area contributed by atoms with Crippen molar-refractivity contribution in [3.8, 4) is 0 Å². The lowest BCUT2D eigenvalue weighted by Crippen LogP contribution is -2.58. The van der Waals surface area contributed by atoms with E-state index in [1.807, 2.05) is 54.6 Å². The Kier molecular flexibility index (Phi) is 11.9. The molecule has 0 bridgehead atoms. The highest BCUT2D eigenvalue weighted by Gasteiger charge is 2.35. The number of guanidine groups is 1. The molecule has 0 saturated carbocycles. The molecule has 1 aliphatic rings. The number of carbonyl (C=O) groups is 5. The molecule has 1 aliphatic heterocycles. The summed E-state index contributed by atoms with van der Waals surface area (Å²) in [6.07, 6.45) is 3.62. The lowest BCUT2D eigenvalue weighted by atomic mass is 10.0. The minimum absolute atomic E-state index is 0.111. The molecule has 1 aromatic heterocycles. The number of para-hydroxylation sites is 1. The molecule has 14 nitrogen and oxygen atoms in total. The van der Waals surface area contributed by atoms with Crippen LogP contribution in [0.2, 0.25) is 0 Å². The van der Waals surface area contributed by atoms with E-state index < -0.39 is 47.8 Å². The van der Waals surface area contributed by atoms with Crippen LogP contribution in [-0.2, 0) is 36.8 Å². The Morgan fingerprint density at radius 3 is 2.28 bits per heavy atom. The van der Waals surface area contributed by atoms with Gasteiger partial charge in [0.15, 0.2) is 5.96 Å². The topological polar surface area (TPSA) is 231 Å². The number of nitrogens with two attached hydrogens (primary N) is 3. The number of aliphatic imine (C=N–C) groups is 1. The fraction of sp³-hybridized carbons (Fsp3) is 0.394. The summed E-state index contributed by atoms with van der Waals surface area (Å²) >= 11 is 0. The molecule has 0 spiro atoms. The van der Waals surface area contributed by atoms with Crippen LogP contribution in [0.3, 0.4) is 0 Å². The summed E-state index contributed by atoms with van der Waals surface area (Å²) in [7, 11) is 0. The van der Waals surface area contributed by atoms with Crippen molar-refractivity contribution >= 4 is 46.4 Å². The number of H-pyrrole nitrogens is 1. The van der Waals surface area contributed by atoms with Crippen molar-refractivity contribution in [2.75, 3.05) is 13.1 Å². The smallest absolute Gasteiger partial charge is 0.243 e. The van der Waals surface area contributed by atoms with E-state index in [-0.39, 0.29) is 37.7 Å². The van der Waals surface area contributed by atoms with E-state index in [4.69, 9.17) is 17.2 Å². The molecule has 14 heteroatoms. The number of aromatic nitrogens is 1. The third kappa shape index (κ3) is 9.55. The highest BCUT2D eigenvalue weighted by molar-refractivity contribution is 5.96. The number of nitrogens with zero attached hydrogens (tertiary/aromatic N) is 2. The molecule has 47 heavy (non-hydrogen) atoms. The predicted molar refractivity (Wildman–Crippen MR) is 177 cm³/mol. The molecule has 0 aliphatic carbocycles. The fourth-order valence-electron chi connectivity index (χ4n) is 5.80. The number of rotatable bonds is 15. The number of carbonyl (C=O) groups excluding carboxylic acids is 5. The second kappa shape index (κ2) is 16.2. The minimum Gasteiger partial charge on any atom is -0.370 e. The predicted octanol–water partition coefficient (Wildman–Crippen LogP) is -0.0427. The van der Waals surface area contributed by atoms with Crippen molar-refractivity contribution < 1.29 is 24.0 Å². The third-order valence-electron chi connectivity index (χ3n) is 8.21. The summed E-state index contributed by atoms with van der Waals surface area (Å²) < 4.78 is 0. The molecule has 4 atom stereocenters. The molecule has 1 fully saturated rings. The molecule has 2 aromatic carbocycles. The molecule has 1 saturated heterocycles. The Hall–Kier alpha value is -5.40. The second-order valence-electron chi connectivity index (χ2n) is 11.7. The van der Waals surface area contributed by atoms with Gasteiger partial charge in [0.1, 0.15) is 24.2 Å². The van der Waals surface area contributed by atoms with Gasteiger partial charge in [-0.05, 0) is 42.9 Å². The van der Waals surface area contributed by atoms with Gasteiger partial charge in [-0.3, -0.25) is 29.0 Å². The Balaban J connectivity index is 1.53. The van der Waals surface area contributed by atoms with E-state index in [0.717, 1.165) is 22.0 Å². The zero-order valence-electron chi connectivity index (χ0n) is 26.4. The van der Waals surface area contributed by atoms with Crippen molar-refractivity contribution in [3.63, 3.8) is 0 Å². The molecule has 10 N–H and O–H groups in total. The SMILES string of the molecule is CC(=O)N1CCC[C@H]1C(=O)N[C@H](Cc1ccccc1)C(=O)N[C@@H](CCCN=C(N)N)C(=O)N[C@@H](Cc1c[nH]c2ccccc12)C(N)=O. The zero-order valence-corrected chi connectivity index (χ0v) is 26.4. The van der Waals surface area contributed by atoms with Crippen LogP contribution < -0.4 is 33.2 Å². The number of nitrogens with one attached hydrogen (secondary N) is 4. The first-order valence-electron chi connectivity index (χ1n) is 15.7. The van der Waals surface area contributed by atoms with E-state index in [1.54, 1.807) is 6.20 Å². The van der Waals surface area contributed by atoms with Gasteiger partial charge in [0.25, 0.3) is 0 Å². The maximum atomic E-state index is 13.8. The normalized spacial score (nSPS) is 16.1. The number of hydrogen-bond donors (Lipinski definition) is 7. The maximum absolute atomic E-state index is 13.8. The van der Waals surface area contributed by atoms with Crippen molar-refractivity contribution in [1.29, 1.82) is 0 Å². The van der Waals surface area contributed by atoms with Crippen molar-refractivity contribution in [2.24, 2.45) is 22.2 Å². The summed E-state index contributed by atoms with van der Waals surface area (Å²) in [6, 6.07) is 12.7. The van der Waals surface area contributed by atoms with Crippen molar-refractivity contribution in [2.45, 2.75) is 69.6 Å². The molecule has 0 radical (unpaired) electrons. The number of amides is 5. The van der Waals surface area contributed by atoms with Gasteiger partial charge in [0, 0.05) is 50.0 Å². The standard InChI is InChI=1S/C33H43N9O5/c1-20(43)42-16-8-14-28(42)32(47)41-27(17-21-9-3-2-4-10-21)31(46)39-25(13-7-15-37-33(35)36)30(45)40-26(29(34)44)18-22-19-38-24-12-6-5-11-23(22)24/h2-6,9-12,19,25-28,38H,7-8,13-18H2,1H3,(H2,34,44)(H,39,46)(H,40,45)(H,41,47)(H4,35,36,37)/t25-,26-,27+,28-/m0/s1. The Morgan fingerprint density at radius 1 is 0.894 bits per heavy atom. The monoisotopic (exact) mass is 645 g/mol. The number of hydrogen-bond acceptors (Lipinski definition) is 6. The zero-order chi connectivity index (χ0) is 33.9. The molecule has 2 heterocycles. The van der Waals surface area contributed by atoms with Crippen LogP contribution in [0, 0.1) is 0 Å². The van der Waals surface area contributed by atoms with Gasteiger partial charge >= 0.3 is 0 Å². The largest absolute Gasteiger partial charge is 0.370 e. The third-order valence-corrected chi connectivity index (χ3v) is 8.21. The fourth-order valence-corrected chi connectivity index (χ4v) is 5.80. The quantitative estimate of drug-likeness (QED) is 0.0676. The van der Waals surface area contributed by atoms with Gasteiger partial charge in [0.05, 0.1) is 0 Å². The van der Waals surface area contributed by atoms with Crippen molar-refractivity contribution in [3.05, 3.63) is 71.9 Å². The second-order valence-corrected chi connectivity index (χ2v) is 11.7. The van der Waals surface area contributed by atoms with E-state index in [2.05, 4.69) is 25.9 Å². The Bertz CT molecular complexity index is 1600. The van der Waals surface area contributed by atoms with Crippen LogP contribution >= 0.6 is 0 Å². The Labute approximate surface area is 272 Å². The van der Waals surface area contributed by atoms with Crippen LogP contribution in [0.1, 0.15) is 43.7 Å². The summed E-state index contributed by atoms with van der Waals surface area (Å²) in [5.74, 6) is -2.76. The number of fused-ring (bicyclic) bond motifs is 1. The first-order valence-corrected chi connectivity index (χ1v) is 15.7. The number of aromatic amines is 1. The average Bonchev–Trinajstić information content (AvgIpc) is 3.70. The number of benzene rings is 2. The highest BCUT2D eigenvalue weighted by Crippen LogP contribution is 2.20. The summed E-state index contributed by atoms with van der Waals surface area (Å²) in [6.45, 7) is 2.06. The van der Waals surface area contributed by atoms with Crippen molar-refractivity contribution in [1.82, 2.24) is 25.8 Å². The molecule has 250 valence electrons. The summed E-state index contributed by atoms with van der Waals surface area (Å²) in [4.78, 5) is 74.1. The molecule has 4 rings (SSSR count). The maximum Gasteiger partial charge on any atom is 0.243 e. The first-order chi connectivity index (χ1) is 22.5. The van der Waals surface area contributed by atoms with Crippen LogP contribution in [0.4, 0.5) is 0 Å². The van der Waals surface area contributed by atoms with Crippen LogP contribution in [0.15, 0.2) is 65.8 Å². The van der Waals surface area contributed by atoms with Gasteiger partial charge in [-0.1, -0.05) is 48.5 Å². The van der Waals surface area contributed by atoms with Crippen LogP contribution in [0.25, 0.3) is 10.9 Å². The van der Waals surface area contributed by atoms with E-state index >= 15 is 0 Å². The van der Waals surface area contributed by atoms with Gasteiger partial charge in [-0.2, -0.15) is 0 Å². The van der Waals surface area contributed by atoms with Crippen LogP contribution in [0.5, 0.6) is 0 Å². The molecule has 0 unspecified atom stereocenters. The molecule has 5 amide bonds. The Morgan fingerprint density at radius 2 is 1.57 bits per heavy atom. The molecule has 3 aromatic rings. The number of primary amides is 1. The van der Waals surface area contributed by atoms with Gasteiger partial charge in [-0.15, -0.1) is 0 Å². The highest BCUT2D eigenvalue weighted by atomic mass is 16.2. The first kappa shape index (κ1) is 34.5. The summed E-state index contributed by atoms with van der Waals surface area (Å²) in [5, 5.41) is 9.18. The lowest BCUT2D eigenvalue weighted by molar-refractivity contribution is -0.138. The molecular formula is C33H43N9O5. The number of likely N-dealkylation sites (tertiary alicyclic amines) is 1. The van der Waals surface area contributed by atoms with Gasteiger partial charge in [-0.25, -0.2) is 0 Å².